The number of aliphatic imine (C=N–C) groups is 1. The van der Waals surface area contributed by atoms with Gasteiger partial charge in [-0.3, -0.25) is 0 Å². The maximum atomic E-state index is 10.4. The molecule has 0 bridgehead atoms. The first kappa shape index (κ1) is 7.95. The Bertz CT molecular complexity index is 202. The van der Waals surface area contributed by atoms with Gasteiger partial charge in [-0.05, 0) is 12.3 Å². The van der Waals surface area contributed by atoms with Crippen LogP contribution in [0, 0.1) is 5.92 Å². The molecule has 0 amide bonds. The second kappa shape index (κ2) is 3.30. The van der Waals surface area contributed by atoms with E-state index >= 15 is 0 Å². The number of nitrogens with zero attached hydrogens (tertiary/aromatic N) is 1. The van der Waals surface area contributed by atoms with Crippen molar-refractivity contribution < 1.29 is 14.7 Å². The molecule has 11 heavy (non-hydrogen) atoms. The Hall–Kier alpha value is -1.15. The van der Waals surface area contributed by atoms with Crippen LogP contribution in [0.3, 0.4) is 0 Å². The summed E-state index contributed by atoms with van der Waals surface area (Å²) >= 11 is 0. The fourth-order valence-electron chi connectivity index (χ4n) is 0.942. The lowest BCUT2D eigenvalue weighted by Crippen LogP contribution is -2.18. The smallest absolute Gasteiger partial charge is 0.329 e. The molecule has 1 aliphatic carbocycles. The van der Waals surface area contributed by atoms with Crippen LogP contribution in [0.4, 0.5) is 0 Å². The summed E-state index contributed by atoms with van der Waals surface area (Å²) in [6.07, 6.45) is 3.90. The average molecular weight is 155 g/mol. The van der Waals surface area contributed by atoms with Crippen LogP contribution in [0.5, 0.6) is 0 Å². The van der Waals surface area contributed by atoms with Gasteiger partial charge in [-0.1, -0.05) is 12.8 Å². The number of rotatable bonds is 4. The van der Waals surface area contributed by atoms with E-state index in [0.29, 0.717) is 12.3 Å². The van der Waals surface area contributed by atoms with E-state index in [0.717, 1.165) is 12.8 Å². The second-order valence-electron chi connectivity index (χ2n) is 2.75. The maximum absolute atomic E-state index is 10.4. The molecule has 4 heteroatoms. The molecule has 0 saturated heterocycles. The number of isocyanates is 1. The largest absolute Gasteiger partial charge is 0.480 e. The van der Waals surface area contributed by atoms with E-state index in [1.54, 1.807) is 0 Å². The van der Waals surface area contributed by atoms with Crippen molar-refractivity contribution in [3.05, 3.63) is 0 Å². The van der Waals surface area contributed by atoms with Crippen LogP contribution >= 0.6 is 0 Å². The summed E-state index contributed by atoms with van der Waals surface area (Å²) in [4.78, 5) is 23.3. The molecule has 1 N–H and O–H groups in total. The first-order valence-electron chi connectivity index (χ1n) is 3.54. The number of hydrogen-bond donors (Lipinski definition) is 1. The van der Waals surface area contributed by atoms with Gasteiger partial charge < -0.3 is 5.11 Å². The van der Waals surface area contributed by atoms with E-state index in [9.17, 15) is 9.59 Å². The average Bonchev–Trinajstić information content (AvgIpc) is 2.70. The minimum absolute atomic E-state index is 0.466. The number of hydrogen-bond acceptors (Lipinski definition) is 3. The monoisotopic (exact) mass is 155 g/mol. The predicted octanol–water partition coefficient (Wildman–Crippen LogP) is 0.576. The Labute approximate surface area is 63.9 Å². The Balaban J connectivity index is 2.43. The summed E-state index contributed by atoms with van der Waals surface area (Å²) < 4.78 is 0. The van der Waals surface area contributed by atoms with Crippen LogP contribution in [-0.2, 0) is 9.59 Å². The van der Waals surface area contributed by atoms with Crippen LogP contribution in [0.25, 0.3) is 0 Å². The van der Waals surface area contributed by atoms with Crippen LogP contribution in [0.1, 0.15) is 19.3 Å². The highest BCUT2D eigenvalue weighted by atomic mass is 16.4. The first-order valence-corrected chi connectivity index (χ1v) is 3.54. The lowest BCUT2D eigenvalue weighted by Gasteiger charge is -2.01. The van der Waals surface area contributed by atoms with Crippen LogP contribution in [-0.4, -0.2) is 23.2 Å². The van der Waals surface area contributed by atoms with Crippen molar-refractivity contribution in [2.45, 2.75) is 25.3 Å². The van der Waals surface area contributed by atoms with Gasteiger partial charge in [-0.2, -0.15) is 4.99 Å². The SMILES string of the molecule is O=C=N[C@@H](CC1CC1)C(=O)O. The van der Waals surface area contributed by atoms with Gasteiger partial charge in [0.1, 0.15) is 0 Å². The summed E-state index contributed by atoms with van der Waals surface area (Å²) in [5, 5.41) is 8.51. The van der Waals surface area contributed by atoms with Gasteiger partial charge in [0.25, 0.3) is 0 Å². The van der Waals surface area contributed by atoms with Gasteiger partial charge >= 0.3 is 5.97 Å². The fraction of sp³-hybridized carbons (Fsp3) is 0.714. The fourth-order valence-corrected chi connectivity index (χ4v) is 0.942. The molecule has 60 valence electrons. The zero-order valence-corrected chi connectivity index (χ0v) is 5.99. The molecule has 1 rings (SSSR count). The van der Waals surface area contributed by atoms with Gasteiger partial charge in [-0.25, -0.2) is 9.59 Å². The minimum Gasteiger partial charge on any atom is -0.480 e. The van der Waals surface area contributed by atoms with Crippen molar-refractivity contribution in [1.29, 1.82) is 0 Å². The van der Waals surface area contributed by atoms with Gasteiger partial charge in [-0.15, -0.1) is 0 Å². The van der Waals surface area contributed by atoms with Gasteiger partial charge in [0.05, 0.1) is 0 Å². The molecule has 0 heterocycles. The second-order valence-corrected chi connectivity index (χ2v) is 2.75. The van der Waals surface area contributed by atoms with Crippen LogP contribution in [0.15, 0.2) is 4.99 Å². The number of carboxylic acid groups (broad SMARTS) is 1. The zero-order valence-electron chi connectivity index (χ0n) is 5.99. The third kappa shape index (κ3) is 2.51. The summed E-state index contributed by atoms with van der Waals surface area (Å²) in [6.45, 7) is 0. The topological polar surface area (TPSA) is 66.7 Å². The van der Waals surface area contributed by atoms with Crippen molar-refractivity contribution in [3.63, 3.8) is 0 Å². The van der Waals surface area contributed by atoms with Crippen LogP contribution in [0.2, 0.25) is 0 Å². The zero-order chi connectivity index (χ0) is 8.27. The molecule has 0 aromatic rings. The van der Waals surface area contributed by atoms with Gasteiger partial charge in [0.2, 0.25) is 6.08 Å². The van der Waals surface area contributed by atoms with Crippen molar-refractivity contribution in [2.24, 2.45) is 10.9 Å². The van der Waals surface area contributed by atoms with Crippen molar-refractivity contribution in [3.8, 4) is 0 Å². The van der Waals surface area contributed by atoms with Crippen molar-refractivity contribution >= 4 is 12.0 Å². The normalized spacial score (nSPS) is 18.5. The third-order valence-electron chi connectivity index (χ3n) is 1.75. The van der Waals surface area contributed by atoms with Crippen molar-refractivity contribution in [2.75, 3.05) is 0 Å². The highest BCUT2D eigenvalue weighted by Crippen LogP contribution is 2.34. The molecule has 4 nitrogen and oxygen atoms in total. The number of carbonyl (C=O) groups is 1. The van der Waals surface area contributed by atoms with Crippen LogP contribution < -0.4 is 0 Å². The molecule has 0 aromatic heterocycles. The molecule has 1 saturated carbocycles. The molecule has 0 unspecified atom stereocenters. The third-order valence-corrected chi connectivity index (χ3v) is 1.75. The Morgan fingerprint density at radius 1 is 1.73 bits per heavy atom. The number of carboxylic acids is 1. The summed E-state index contributed by atoms with van der Waals surface area (Å²) in [5.41, 5.74) is 0. The molecule has 0 aromatic carbocycles. The van der Waals surface area contributed by atoms with Gasteiger partial charge in [0.15, 0.2) is 6.04 Å². The molecular weight excluding hydrogens is 146 g/mol. The highest BCUT2D eigenvalue weighted by Gasteiger charge is 2.28. The molecule has 0 spiro atoms. The number of carbonyl (C=O) groups excluding carboxylic acids is 1. The molecule has 1 aliphatic rings. The molecule has 1 atom stereocenters. The van der Waals surface area contributed by atoms with E-state index in [4.69, 9.17) is 5.11 Å². The molecule has 0 radical (unpaired) electrons. The first-order chi connectivity index (χ1) is 5.24. The van der Waals surface area contributed by atoms with E-state index in [2.05, 4.69) is 4.99 Å². The predicted molar refractivity (Wildman–Crippen MR) is 36.9 cm³/mol. The lowest BCUT2D eigenvalue weighted by atomic mass is 10.1. The van der Waals surface area contributed by atoms with E-state index in [1.807, 2.05) is 0 Å². The summed E-state index contributed by atoms with van der Waals surface area (Å²) in [7, 11) is 0. The minimum atomic E-state index is -1.03. The Morgan fingerprint density at radius 2 is 2.36 bits per heavy atom. The van der Waals surface area contributed by atoms with E-state index < -0.39 is 12.0 Å². The van der Waals surface area contributed by atoms with E-state index in [1.165, 1.54) is 6.08 Å². The Morgan fingerprint density at radius 3 is 2.73 bits per heavy atom. The summed E-state index contributed by atoms with van der Waals surface area (Å²) in [5.74, 6) is -0.562. The molecule has 1 fully saturated rings. The quantitative estimate of drug-likeness (QED) is 0.477. The molecule has 0 aliphatic heterocycles. The molecular formula is C7H9NO3. The maximum Gasteiger partial charge on any atom is 0.329 e. The highest BCUT2D eigenvalue weighted by molar-refractivity contribution is 5.74. The lowest BCUT2D eigenvalue weighted by molar-refractivity contribution is -0.138. The standard InChI is InChI=1S/C7H9NO3/c9-4-8-6(7(10)11)3-5-1-2-5/h5-6H,1-3H2,(H,10,11)/t6-/m0/s1. The summed E-state index contributed by atoms with van der Waals surface area (Å²) in [6, 6.07) is -0.861. The number of aliphatic carboxylic acids is 1. The van der Waals surface area contributed by atoms with Gasteiger partial charge in [0, 0.05) is 0 Å². The van der Waals surface area contributed by atoms with Crippen molar-refractivity contribution in [1.82, 2.24) is 0 Å². The van der Waals surface area contributed by atoms with E-state index in [-0.39, 0.29) is 0 Å². The Kier molecular flexibility index (Phi) is 2.39.